The normalized spacial score (nSPS) is 10.8. The van der Waals surface area contributed by atoms with Gasteiger partial charge in [0.15, 0.2) is 6.29 Å². The first kappa shape index (κ1) is 11.4. The second kappa shape index (κ2) is 4.41. The first-order valence-electron chi connectivity index (χ1n) is 5.29. The Balaban J connectivity index is 2.57. The van der Waals surface area contributed by atoms with Crippen molar-refractivity contribution in [1.29, 1.82) is 0 Å². The van der Waals surface area contributed by atoms with Gasteiger partial charge in [-0.25, -0.2) is 0 Å². The van der Waals surface area contributed by atoms with Crippen LogP contribution in [0.15, 0.2) is 33.7 Å². The Labute approximate surface area is 97.8 Å². The van der Waals surface area contributed by atoms with Crippen LogP contribution in [0, 0.1) is 0 Å². The van der Waals surface area contributed by atoms with Gasteiger partial charge < -0.3 is 9.15 Å². The summed E-state index contributed by atoms with van der Waals surface area (Å²) in [6, 6.07) is 4.94. The zero-order valence-corrected chi connectivity index (χ0v) is 9.60. The fourth-order valence-corrected chi connectivity index (χ4v) is 1.55. The minimum absolute atomic E-state index is 0.0232. The van der Waals surface area contributed by atoms with E-state index in [2.05, 4.69) is 0 Å². The topological polar surface area (TPSA) is 56.5 Å². The monoisotopic (exact) mass is 232 g/mol. The summed E-state index contributed by atoms with van der Waals surface area (Å²) in [5.41, 5.74) is 0.117. The average Bonchev–Trinajstić information content (AvgIpc) is 2.28. The lowest BCUT2D eigenvalue weighted by Gasteiger charge is -2.09. The molecule has 0 amide bonds. The number of benzene rings is 1. The minimum atomic E-state index is -0.322. The third-order valence-corrected chi connectivity index (χ3v) is 2.27. The zero-order chi connectivity index (χ0) is 12.4. The highest BCUT2D eigenvalue weighted by Crippen LogP contribution is 2.19. The largest absolute Gasteiger partial charge is 0.491 e. The van der Waals surface area contributed by atoms with E-state index in [4.69, 9.17) is 9.15 Å². The molecule has 0 atom stereocenters. The molecule has 0 unspecified atom stereocenters. The molecule has 88 valence electrons. The third-order valence-electron chi connectivity index (χ3n) is 2.27. The van der Waals surface area contributed by atoms with E-state index in [1.807, 2.05) is 13.8 Å². The van der Waals surface area contributed by atoms with Crippen LogP contribution < -0.4 is 10.2 Å². The Kier molecular flexibility index (Phi) is 2.95. The number of carbonyl (C=O) groups is 1. The summed E-state index contributed by atoms with van der Waals surface area (Å²) in [7, 11) is 0. The highest BCUT2D eigenvalue weighted by atomic mass is 16.5. The average molecular weight is 232 g/mol. The second-order valence-electron chi connectivity index (χ2n) is 3.96. The molecule has 0 spiro atoms. The van der Waals surface area contributed by atoms with Crippen LogP contribution in [-0.2, 0) is 0 Å². The molecule has 4 nitrogen and oxygen atoms in total. The van der Waals surface area contributed by atoms with Crippen LogP contribution in [0.4, 0.5) is 0 Å². The van der Waals surface area contributed by atoms with E-state index in [9.17, 15) is 9.59 Å². The fraction of sp³-hybridized carbons (Fsp3) is 0.231. The first-order chi connectivity index (χ1) is 8.11. The van der Waals surface area contributed by atoms with Gasteiger partial charge in [0.1, 0.15) is 17.6 Å². The van der Waals surface area contributed by atoms with Crippen molar-refractivity contribution in [3.05, 3.63) is 40.2 Å². The maximum atomic E-state index is 11.8. The Morgan fingerprint density at radius 1 is 1.35 bits per heavy atom. The van der Waals surface area contributed by atoms with Gasteiger partial charge >= 0.3 is 0 Å². The molecule has 0 saturated carbocycles. The van der Waals surface area contributed by atoms with Gasteiger partial charge in [-0.3, -0.25) is 9.59 Å². The van der Waals surface area contributed by atoms with Crippen molar-refractivity contribution in [2.45, 2.75) is 20.0 Å². The molecule has 17 heavy (non-hydrogen) atoms. The van der Waals surface area contributed by atoms with E-state index < -0.39 is 0 Å². The van der Waals surface area contributed by atoms with Gasteiger partial charge in [-0.1, -0.05) is 0 Å². The van der Waals surface area contributed by atoms with Crippen LogP contribution in [0.5, 0.6) is 5.75 Å². The molecule has 4 heteroatoms. The number of ether oxygens (including phenoxy) is 1. The van der Waals surface area contributed by atoms with E-state index in [-0.39, 0.29) is 17.1 Å². The van der Waals surface area contributed by atoms with E-state index >= 15 is 0 Å². The number of hydrogen-bond donors (Lipinski definition) is 0. The Hall–Kier alpha value is -2.10. The van der Waals surface area contributed by atoms with E-state index in [0.29, 0.717) is 23.0 Å². The van der Waals surface area contributed by atoms with Gasteiger partial charge in [0.05, 0.1) is 17.1 Å². The van der Waals surface area contributed by atoms with Gasteiger partial charge in [-0.15, -0.1) is 0 Å². The highest BCUT2D eigenvalue weighted by Gasteiger charge is 2.07. The van der Waals surface area contributed by atoms with Crippen LogP contribution in [0.25, 0.3) is 11.0 Å². The number of rotatable bonds is 3. The quantitative estimate of drug-likeness (QED) is 0.762. The number of aldehydes is 1. The number of carbonyl (C=O) groups excluding carboxylic acids is 1. The van der Waals surface area contributed by atoms with Gasteiger partial charge in [0.2, 0.25) is 5.43 Å². The molecule has 2 aromatic rings. The molecule has 0 bridgehead atoms. The molecular weight excluding hydrogens is 220 g/mol. The van der Waals surface area contributed by atoms with Crippen LogP contribution >= 0.6 is 0 Å². The summed E-state index contributed by atoms with van der Waals surface area (Å²) in [5.74, 6) is 0.634. The summed E-state index contributed by atoms with van der Waals surface area (Å²) in [4.78, 5) is 22.4. The van der Waals surface area contributed by atoms with Gasteiger partial charge in [-0.2, -0.15) is 0 Å². The maximum absolute atomic E-state index is 11.8. The van der Waals surface area contributed by atoms with Crippen molar-refractivity contribution < 1.29 is 13.9 Å². The van der Waals surface area contributed by atoms with Crippen molar-refractivity contribution in [2.24, 2.45) is 0 Å². The Morgan fingerprint density at radius 2 is 2.12 bits per heavy atom. The molecule has 1 aromatic carbocycles. The van der Waals surface area contributed by atoms with Crippen LogP contribution in [-0.4, -0.2) is 12.4 Å². The summed E-state index contributed by atoms with van der Waals surface area (Å²) in [5, 5.41) is 0.380. The van der Waals surface area contributed by atoms with Crippen molar-refractivity contribution in [3.63, 3.8) is 0 Å². The van der Waals surface area contributed by atoms with Gasteiger partial charge in [-0.05, 0) is 26.0 Å². The zero-order valence-electron chi connectivity index (χ0n) is 9.60. The van der Waals surface area contributed by atoms with E-state index in [1.165, 1.54) is 0 Å². The van der Waals surface area contributed by atoms with Crippen molar-refractivity contribution in [3.8, 4) is 5.75 Å². The lowest BCUT2D eigenvalue weighted by molar-refractivity contribution is 0.112. The van der Waals surface area contributed by atoms with Gasteiger partial charge in [0.25, 0.3) is 0 Å². The SMILES string of the molecule is CC(C)Oc1ccc2c(=O)c(C=O)coc2c1. The van der Waals surface area contributed by atoms with E-state index in [1.54, 1.807) is 18.2 Å². The molecule has 0 radical (unpaired) electrons. The second-order valence-corrected chi connectivity index (χ2v) is 3.96. The molecule has 0 aliphatic rings. The molecule has 0 fully saturated rings. The standard InChI is InChI=1S/C13H12O4/c1-8(2)17-10-3-4-11-12(5-10)16-7-9(6-14)13(11)15/h3-8H,1-2H3. The molecule has 2 rings (SSSR count). The molecule has 1 aromatic heterocycles. The molecule has 0 N–H and O–H groups in total. The Bertz CT molecular complexity index is 610. The molecule has 0 aliphatic heterocycles. The Morgan fingerprint density at radius 3 is 2.76 bits per heavy atom. The van der Waals surface area contributed by atoms with Crippen molar-refractivity contribution >= 4 is 17.3 Å². The lowest BCUT2D eigenvalue weighted by atomic mass is 10.2. The molecular formula is C13H12O4. The summed E-state index contributed by atoms with van der Waals surface area (Å²) < 4.78 is 10.7. The minimum Gasteiger partial charge on any atom is -0.491 e. The molecule has 0 aliphatic carbocycles. The number of fused-ring (bicyclic) bond motifs is 1. The fourth-order valence-electron chi connectivity index (χ4n) is 1.55. The lowest BCUT2D eigenvalue weighted by Crippen LogP contribution is -2.08. The van der Waals surface area contributed by atoms with Crippen LogP contribution in [0.1, 0.15) is 24.2 Å². The summed E-state index contributed by atoms with van der Waals surface area (Å²) in [6.07, 6.45) is 1.70. The summed E-state index contributed by atoms with van der Waals surface area (Å²) in [6.45, 7) is 3.83. The maximum Gasteiger partial charge on any atom is 0.203 e. The van der Waals surface area contributed by atoms with Crippen LogP contribution in [0.2, 0.25) is 0 Å². The van der Waals surface area contributed by atoms with Crippen LogP contribution in [0.3, 0.4) is 0 Å². The molecule has 0 saturated heterocycles. The predicted octanol–water partition coefficient (Wildman–Crippen LogP) is 2.39. The first-order valence-corrected chi connectivity index (χ1v) is 5.29. The number of hydrogen-bond acceptors (Lipinski definition) is 4. The predicted molar refractivity (Wildman–Crippen MR) is 63.6 cm³/mol. The van der Waals surface area contributed by atoms with Gasteiger partial charge in [0, 0.05) is 6.07 Å². The third kappa shape index (κ3) is 2.20. The smallest absolute Gasteiger partial charge is 0.203 e. The van der Waals surface area contributed by atoms with E-state index in [0.717, 1.165) is 6.26 Å². The highest BCUT2D eigenvalue weighted by molar-refractivity contribution is 5.84. The summed E-state index contributed by atoms with van der Waals surface area (Å²) >= 11 is 0. The van der Waals surface area contributed by atoms with Crippen molar-refractivity contribution in [1.82, 2.24) is 0 Å². The van der Waals surface area contributed by atoms with Crippen molar-refractivity contribution in [2.75, 3.05) is 0 Å². The molecule has 1 heterocycles.